The predicted molar refractivity (Wildman–Crippen MR) is 63.6 cm³/mol. The smallest absolute Gasteiger partial charge is 0.130 e. The molecule has 2 aromatic rings. The van der Waals surface area contributed by atoms with Crippen LogP contribution in [0, 0.1) is 0 Å². The molecule has 0 aliphatic rings. The van der Waals surface area contributed by atoms with Gasteiger partial charge in [0.2, 0.25) is 0 Å². The van der Waals surface area contributed by atoms with E-state index in [1.54, 1.807) is 25.7 Å². The first-order valence-corrected chi connectivity index (χ1v) is 4.97. The van der Waals surface area contributed by atoms with Crippen molar-refractivity contribution in [2.45, 2.75) is 0 Å². The molecule has 0 fully saturated rings. The molecule has 1 aromatic carbocycles. The summed E-state index contributed by atoms with van der Waals surface area (Å²) in [7, 11) is 3.52. The van der Waals surface area contributed by atoms with Gasteiger partial charge in [-0.3, -0.25) is 9.97 Å². The largest absolute Gasteiger partial charge is 0.496 e. The van der Waals surface area contributed by atoms with E-state index in [2.05, 4.69) is 15.3 Å². The quantitative estimate of drug-likeness (QED) is 0.852. The summed E-state index contributed by atoms with van der Waals surface area (Å²) >= 11 is 0. The molecule has 4 heteroatoms. The molecule has 2 rings (SSSR count). The molecule has 0 amide bonds. The van der Waals surface area contributed by atoms with Gasteiger partial charge in [-0.2, -0.15) is 0 Å². The molecule has 0 radical (unpaired) electrons. The van der Waals surface area contributed by atoms with Gasteiger partial charge in [0.25, 0.3) is 0 Å². The fraction of sp³-hybridized carbons (Fsp3) is 0.167. The lowest BCUT2D eigenvalue weighted by atomic mass is 10.1. The molecule has 1 heterocycles. The Morgan fingerprint density at radius 3 is 2.75 bits per heavy atom. The van der Waals surface area contributed by atoms with Gasteiger partial charge in [-0.15, -0.1) is 0 Å². The van der Waals surface area contributed by atoms with E-state index in [0.717, 1.165) is 22.7 Å². The van der Waals surface area contributed by atoms with Crippen molar-refractivity contribution in [1.29, 1.82) is 0 Å². The highest BCUT2D eigenvalue weighted by atomic mass is 16.5. The van der Waals surface area contributed by atoms with Gasteiger partial charge < -0.3 is 10.1 Å². The molecule has 0 spiro atoms. The predicted octanol–water partition coefficient (Wildman–Crippen LogP) is 2.19. The van der Waals surface area contributed by atoms with Crippen molar-refractivity contribution in [3.8, 4) is 17.0 Å². The zero-order valence-corrected chi connectivity index (χ0v) is 9.27. The van der Waals surface area contributed by atoms with E-state index in [-0.39, 0.29) is 0 Å². The summed E-state index contributed by atoms with van der Waals surface area (Å²) in [6, 6.07) is 5.88. The second kappa shape index (κ2) is 4.61. The van der Waals surface area contributed by atoms with Gasteiger partial charge in [0.1, 0.15) is 5.75 Å². The van der Waals surface area contributed by atoms with Gasteiger partial charge >= 0.3 is 0 Å². The number of benzene rings is 1. The minimum Gasteiger partial charge on any atom is -0.496 e. The van der Waals surface area contributed by atoms with Crippen molar-refractivity contribution >= 4 is 5.69 Å². The lowest BCUT2D eigenvalue weighted by molar-refractivity contribution is 0.416. The van der Waals surface area contributed by atoms with Crippen molar-refractivity contribution in [3.05, 3.63) is 36.8 Å². The Morgan fingerprint density at radius 1 is 1.25 bits per heavy atom. The van der Waals surface area contributed by atoms with Crippen molar-refractivity contribution in [2.75, 3.05) is 19.5 Å². The third kappa shape index (κ3) is 1.95. The second-order valence-electron chi connectivity index (χ2n) is 3.26. The normalized spacial score (nSPS) is 9.88. The highest BCUT2D eigenvalue weighted by molar-refractivity contribution is 5.70. The third-order valence-corrected chi connectivity index (χ3v) is 2.33. The van der Waals surface area contributed by atoms with Gasteiger partial charge in [-0.25, -0.2) is 0 Å². The number of ether oxygens (including phenoxy) is 1. The first-order valence-electron chi connectivity index (χ1n) is 4.97. The fourth-order valence-electron chi connectivity index (χ4n) is 1.50. The minimum atomic E-state index is 0.785. The zero-order chi connectivity index (χ0) is 11.4. The Hall–Kier alpha value is -2.10. The van der Waals surface area contributed by atoms with Gasteiger partial charge in [-0.1, -0.05) is 0 Å². The average molecular weight is 215 g/mol. The molecule has 4 nitrogen and oxygen atoms in total. The molecule has 0 unspecified atom stereocenters. The molecule has 0 saturated heterocycles. The summed E-state index contributed by atoms with van der Waals surface area (Å²) in [6.45, 7) is 0. The van der Waals surface area contributed by atoms with E-state index >= 15 is 0 Å². The van der Waals surface area contributed by atoms with E-state index in [1.807, 2.05) is 25.2 Å². The molecule has 0 atom stereocenters. The molecule has 0 saturated carbocycles. The summed E-state index contributed by atoms with van der Waals surface area (Å²) in [5, 5.41) is 3.06. The monoisotopic (exact) mass is 215 g/mol. The van der Waals surface area contributed by atoms with Crippen LogP contribution >= 0.6 is 0 Å². The molecule has 82 valence electrons. The van der Waals surface area contributed by atoms with Gasteiger partial charge in [0.05, 0.1) is 19.0 Å². The summed E-state index contributed by atoms with van der Waals surface area (Å²) in [5.74, 6) is 0.785. The maximum Gasteiger partial charge on any atom is 0.130 e. The summed E-state index contributed by atoms with van der Waals surface area (Å²) < 4.78 is 5.33. The van der Waals surface area contributed by atoms with E-state index < -0.39 is 0 Å². The van der Waals surface area contributed by atoms with Crippen LogP contribution in [-0.4, -0.2) is 24.1 Å². The van der Waals surface area contributed by atoms with Crippen molar-refractivity contribution in [2.24, 2.45) is 0 Å². The first kappa shape index (κ1) is 10.4. The number of rotatable bonds is 3. The number of anilines is 1. The number of methoxy groups -OCH3 is 1. The van der Waals surface area contributed by atoms with Crippen LogP contribution in [0.4, 0.5) is 5.69 Å². The van der Waals surface area contributed by atoms with E-state index in [4.69, 9.17) is 4.74 Å². The fourth-order valence-corrected chi connectivity index (χ4v) is 1.50. The topological polar surface area (TPSA) is 47.0 Å². The lowest BCUT2D eigenvalue weighted by Crippen LogP contribution is -1.93. The van der Waals surface area contributed by atoms with Crippen LogP contribution in [0.5, 0.6) is 5.75 Å². The Balaban J connectivity index is 2.49. The summed E-state index contributed by atoms with van der Waals surface area (Å²) in [5.41, 5.74) is 2.75. The van der Waals surface area contributed by atoms with Crippen LogP contribution in [0.2, 0.25) is 0 Å². The number of hydrogen-bond donors (Lipinski definition) is 1. The number of nitrogens with zero attached hydrogens (tertiary/aromatic N) is 2. The van der Waals surface area contributed by atoms with Crippen LogP contribution in [0.3, 0.4) is 0 Å². The van der Waals surface area contributed by atoms with E-state index in [0.29, 0.717) is 0 Å². The maximum atomic E-state index is 5.33. The average Bonchev–Trinajstić information content (AvgIpc) is 2.39. The molecule has 0 aliphatic carbocycles. The lowest BCUT2D eigenvalue weighted by Gasteiger charge is -2.09. The van der Waals surface area contributed by atoms with Crippen LogP contribution < -0.4 is 10.1 Å². The van der Waals surface area contributed by atoms with Crippen LogP contribution in [0.25, 0.3) is 11.3 Å². The van der Waals surface area contributed by atoms with E-state index in [1.165, 1.54) is 0 Å². The Bertz CT molecular complexity index is 471. The summed E-state index contributed by atoms with van der Waals surface area (Å²) in [4.78, 5) is 8.30. The number of hydrogen-bond acceptors (Lipinski definition) is 4. The second-order valence-corrected chi connectivity index (χ2v) is 3.26. The SMILES string of the molecule is CNc1ccc(-c2cnccn2)c(OC)c1. The molecule has 1 aromatic heterocycles. The van der Waals surface area contributed by atoms with Crippen molar-refractivity contribution in [1.82, 2.24) is 9.97 Å². The minimum absolute atomic E-state index is 0.785. The van der Waals surface area contributed by atoms with Crippen LogP contribution in [-0.2, 0) is 0 Å². The van der Waals surface area contributed by atoms with Crippen molar-refractivity contribution < 1.29 is 4.74 Å². The maximum absolute atomic E-state index is 5.33. The standard InChI is InChI=1S/C12H13N3O/c1-13-9-3-4-10(12(7-9)16-2)11-8-14-5-6-15-11/h3-8,13H,1-2H3. The molecule has 0 aliphatic heterocycles. The van der Waals surface area contributed by atoms with E-state index in [9.17, 15) is 0 Å². The summed E-state index contributed by atoms with van der Waals surface area (Å²) in [6.07, 6.45) is 5.04. The Kier molecular flexibility index (Phi) is 3.00. The Morgan fingerprint density at radius 2 is 2.12 bits per heavy atom. The third-order valence-electron chi connectivity index (χ3n) is 2.33. The number of aromatic nitrogens is 2. The Labute approximate surface area is 94.3 Å². The van der Waals surface area contributed by atoms with Crippen LogP contribution in [0.15, 0.2) is 36.8 Å². The first-order chi connectivity index (χ1) is 7.85. The molecule has 1 N–H and O–H groups in total. The van der Waals surface area contributed by atoms with Crippen LogP contribution in [0.1, 0.15) is 0 Å². The molecular formula is C12H13N3O. The molecule has 16 heavy (non-hydrogen) atoms. The highest BCUT2D eigenvalue weighted by Gasteiger charge is 2.07. The zero-order valence-electron chi connectivity index (χ0n) is 9.27. The highest BCUT2D eigenvalue weighted by Crippen LogP contribution is 2.30. The van der Waals surface area contributed by atoms with Gasteiger partial charge in [0, 0.05) is 36.8 Å². The number of nitrogens with one attached hydrogen (secondary N) is 1. The molecule has 0 bridgehead atoms. The van der Waals surface area contributed by atoms with Gasteiger partial charge in [-0.05, 0) is 12.1 Å². The molecular weight excluding hydrogens is 202 g/mol. The van der Waals surface area contributed by atoms with Gasteiger partial charge in [0.15, 0.2) is 0 Å². The van der Waals surface area contributed by atoms with Crippen molar-refractivity contribution in [3.63, 3.8) is 0 Å².